The van der Waals surface area contributed by atoms with Gasteiger partial charge in [-0.05, 0) is 47.5 Å². The van der Waals surface area contributed by atoms with Crippen molar-refractivity contribution >= 4 is 86.9 Å². The molecule has 0 amide bonds. The average Bonchev–Trinajstić information content (AvgIpc) is 3.96. The smallest absolute Gasteiger partial charge is 0.159 e. The first-order valence-corrected chi connectivity index (χ1v) is 20.0. The molecule has 5 nitrogen and oxygen atoms in total. The van der Waals surface area contributed by atoms with Crippen molar-refractivity contribution in [1.82, 2.24) is 9.88 Å². The molecule has 8 aromatic carbocycles. The molecule has 0 saturated carbocycles. The monoisotopic (exact) mass is 748 g/mol. The molecule has 6 heteroatoms. The average molecular weight is 749 g/mol. The molecule has 0 radical (unpaired) electrons. The molecule has 1 aliphatic rings. The number of amidine groups is 2. The van der Waals surface area contributed by atoms with E-state index < -0.39 is 0 Å². The minimum absolute atomic E-state index is 0.242. The van der Waals surface area contributed by atoms with Gasteiger partial charge in [0.15, 0.2) is 11.4 Å². The van der Waals surface area contributed by atoms with Gasteiger partial charge in [0.05, 0.1) is 16.7 Å². The lowest BCUT2D eigenvalue weighted by molar-refractivity contribution is 0.667. The fourth-order valence-corrected chi connectivity index (χ4v) is 9.73. The van der Waals surface area contributed by atoms with Crippen LogP contribution in [0.2, 0.25) is 0 Å². The largest absolute Gasteiger partial charge is 0.453 e. The molecule has 0 aliphatic carbocycles. The number of aliphatic imine (C=N–C) groups is 2. The number of hydrogen-bond acceptors (Lipinski definition) is 5. The molecule has 1 unspecified atom stereocenters. The molecule has 1 aliphatic heterocycles. The Morgan fingerprint density at radius 2 is 1.16 bits per heavy atom. The number of nitrogens with one attached hydrogen (secondary N) is 1. The fraction of sp³-hybridized carbons (Fsp3) is 0.0196. The second-order valence-corrected chi connectivity index (χ2v) is 15.7. The zero-order valence-electron chi connectivity index (χ0n) is 30.6. The number of thiophene rings is 1. The highest BCUT2D eigenvalue weighted by Crippen LogP contribution is 2.43. The molecule has 268 valence electrons. The molecule has 0 fully saturated rings. The van der Waals surface area contributed by atoms with E-state index in [1.54, 1.807) is 11.3 Å². The number of aromatic nitrogens is 1. The quantitative estimate of drug-likeness (QED) is 0.191. The van der Waals surface area contributed by atoms with Crippen molar-refractivity contribution < 1.29 is 4.42 Å². The van der Waals surface area contributed by atoms with Gasteiger partial charge in [-0.3, -0.25) is 0 Å². The molecule has 3 aromatic heterocycles. The van der Waals surface area contributed by atoms with Crippen LogP contribution in [0.1, 0.15) is 22.9 Å². The van der Waals surface area contributed by atoms with Gasteiger partial charge in [-0.15, -0.1) is 11.3 Å². The standard InChI is InChI=1S/C51H32N4OS/c1-3-13-31(14-4-1)49-52-50(32-15-5-2-6-16-32)54-51(53-49)34-25-27-38-41-29-33(26-28-45(41)57-46(38)30-34)35-19-11-20-39-40-21-12-24-44(48(40)56-47(35)39)55-42-22-9-7-17-36(42)37-18-8-10-23-43(37)55/h1-30,49H,(H,52,53,54). The maximum atomic E-state index is 6.99. The number of nitrogens with zero attached hydrogens (tertiary/aromatic N) is 3. The zero-order valence-corrected chi connectivity index (χ0v) is 31.4. The van der Waals surface area contributed by atoms with E-state index in [1.807, 2.05) is 24.3 Å². The van der Waals surface area contributed by atoms with Gasteiger partial charge in [-0.2, -0.15) is 0 Å². The second kappa shape index (κ2) is 12.6. The maximum Gasteiger partial charge on any atom is 0.159 e. The molecule has 12 rings (SSSR count). The lowest BCUT2D eigenvalue weighted by atomic mass is 10.00. The summed E-state index contributed by atoms with van der Waals surface area (Å²) in [5, 5.41) is 10.7. The third-order valence-corrected chi connectivity index (χ3v) is 12.4. The van der Waals surface area contributed by atoms with Crippen LogP contribution in [0.25, 0.3) is 80.7 Å². The van der Waals surface area contributed by atoms with Crippen LogP contribution in [0.5, 0.6) is 0 Å². The van der Waals surface area contributed by atoms with E-state index in [9.17, 15) is 0 Å². The van der Waals surface area contributed by atoms with Crippen molar-refractivity contribution in [2.75, 3.05) is 0 Å². The molecule has 0 bridgehead atoms. The van der Waals surface area contributed by atoms with Gasteiger partial charge in [0.25, 0.3) is 0 Å². The third-order valence-electron chi connectivity index (χ3n) is 11.3. The van der Waals surface area contributed by atoms with E-state index >= 15 is 0 Å². The van der Waals surface area contributed by atoms with Crippen LogP contribution in [0.4, 0.5) is 0 Å². The Hall–Kier alpha value is -7.28. The minimum Gasteiger partial charge on any atom is -0.453 e. The topological polar surface area (TPSA) is 54.8 Å². The van der Waals surface area contributed by atoms with Crippen molar-refractivity contribution in [2.24, 2.45) is 9.98 Å². The van der Waals surface area contributed by atoms with Crippen molar-refractivity contribution in [2.45, 2.75) is 6.17 Å². The van der Waals surface area contributed by atoms with E-state index in [0.29, 0.717) is 0 Å². The van der Waals surface area contributed by atoms with Gasteiger partial charge in [-0.25, -0.2) is 9.98 Å². The van der Waals surface area contributed by atoms with E-state index in [-0.39, 0.29) is 6.17 Å². The van der Waals surface area contributed by atoms with Gasteiger partial charge in [-0.1, -0.05) is 146 Å². The number of benzene rings is 8. The Labute approximate surface area is 331 Å². The predicted molar refractivity (Wildman–Crippen MR) is 238 cm³/mol. The van der Waals surface area contributed by atoms with Crippen LogP contribution in [0.15, 0.2) is 196 Å². The molecule has 11 aromatic rings. The molecular formula is C51H32N4OS. The zero-order chi connectivity index (χ0) is 37.5. The Kier molecular flexibility index (Phi) is 7.09. The minimum atomic E-state index is -0.242. The number of hydrogen-bond donors (Lipinski definition) is 1. The van der Waals surface area contributed by atoms with Crippen LogP contribution in [0, 0.1) is 0 Å². The van der Waals surface area contributed by atoms with Crippen molar-refractivity contribution in [3.8, 4) is 16.8 Å². The summed E-state index contributed by atoms with van der Waals surface area (Å²) in [6.07, 6.45) is -0.242. The lowest BCUT2D eigenvalue weighted by Gasteiger charge is -2.23. The summed E-state index contributed by atoms with van der Waals surface area (Å²) >= 11 is 1.80. The van der Waals surface area contributed by atoms with E-state index in [2.05, 4.69) is 168 Å². The first-order chi connectivity index (χ1) is 28.2. The Morgan fingerprint density at radius 1 is 0.491 bits per heavy atom. The van der Waals surface area contributed by atoms with Gasteiger partial charge < -0.3 is 14.3 Å². The van der Waals surface area contributed by atoms with Gasteiger partial charge in [0, 0.05) is 58.4 Å². The normalized spacial score (nSPS) is 14.5. The van der Waals surface area contributed by atoms with Crippen LogP contribution in [-0.4, -0.2) is 16.2 Å². The summed E-state index contributed by atoms with van der Waals surface area (Å²) < 4.78 is 11.8. The van der Waals surface area contributed by atoms with Crippen LogP contribution < -0.4 is 5.32 Å². The third kappa shape index (κ3) is 5.08. The summed E-state index contributed by atoms with van der Waals surface area (Å²) in [7, 11) is 0. The van der Waals surface area contributed by atoms with Crippen molar-refractivity contribution in [3.63, 3.8) is 0 Å². The highest BCUT2D eigenvalue weighted by molar-refractivity contribution is 7.25. The SMILES string of the molecule is c1ccc(C2=NC(c3ccc4c(c3)sc3ccc(-c5cccc6c5oc5c(-n7c8ccccc8c8ccccc87)cccc56)cc34)=NC(c3ccccc3)N2)cc1. The molecule has 0 spiro atoms. The van der Waals surface area contributed by atoms with Gasteiger partial charge >= 0.3 is 0 Å². The van der Waals surface area contributed by atoms with E-state index in [0.717, 1.165) is 78.1 Å². The summed E-state index contributed by atoms with van der Waals surface area (Å²) in [4.78, 5) is 10.2. The van der Waals surface area contributed by atoms with Crippen LogP contribution in [-0.2, 0) is 0 Å². The first kappa shape index (κ1) is 32.0. The molecule has 0 saturated heterocycles. The number of fused-ring (bicyclic) bond motifs is 9. The highest BCUT2D eigenvalue weighted by Gasteiger charge is 2.22. The molecular weight excluding hydrogens is 717 g/mol. The van der Waals surface area contributed by atoms with E-state index in [1.165, 1.54) is 30.9 Å². The van der Waals surface area contributed by atoms with E-state index in [4.69, 9.17) is 14.4 Å². The summed E-state index contributed by atoms with van der Waals surface area (Å²) in [6.45, 7) is 0. The number of para-hydroxylation sites is 4. The van der Waals surface area contributed by atoms with Gasteiger partial charge in [0.1, 0.15) is 17.6 Å². The molecule has 57 heavy (non-hydrogen) atoms. The first-order valence-electron chi connectivity index (χ1n) is 19.2. The predicted octanol–water partition coefficient (Wildman–Crippen LogP) is 13.2. The molecule has 1 N–H and O–H groups in total. The fourth-order valence-electron chi connectivity index (χ4n) is 8.60. The van der Waals surface area contributed by atoms with Crippen molar-refractivity contribution in [3.05, 3.63) is 199 Å². The second-order valence-electron chi connectivity index (χ2n) is 14.6. The Balaban J connectivity index is 0.973. The lowest BCUT2D eigenvalue weighted by Crippen LogP contribution is -2.33. The summed E-state index contributed by atoms with van der Waals surface area (Å²) in [5.74, 6) is 1.54. The maximum absolute atomic E-state index is 6.99. The summed E-state index contributed by atoms with van der Waals surface area (Å²) in [6, 6.07) is 64.3. The van der Waals surface area contributed by atoms with Gasteiger partial charge in [0.2, 0.25) is 0 Å². The summed E-state index contributed by atoms with van der Waals surface area (Å²) in [5.41, 5.74) is 10.5. The van der Waals surface area contributed by atoms with Crippen LogP contribution in [0.3, 0.4) is 0 Å². The Morgan fingerprint density at radius 3 is 1.95 bits per heavy atom. The highest BCUT2D eigenvalue weighted by atomic mass is 32.1. The van der Waals surface area contributed by atoms with Crippen LogP contribution >= 0.6 is 11.3 Å². The number of rotatable bonds is 5. The Bertz CT molecular complexity index is 3390. The molecule has 1 atom stereocenters. The number of furan rings is 1. The van der Waals surface area contributed by atoms with Crippen molar-refractivity contribution in [1.29, 1.82) is 0 Å². The molecule has 4 heterocycles.